The van der Waals surface area contributed by atoms with Crippen LogP contribution >= 0.6 is 34.4 Å². The molecule has 1 amide bonds. The Morgan fingerprint density at radius 1 is 0.950 bits per heavy atom. The quantitative estimate of drug-likeness (QED) is 0.161. The molecule has 1 aliphatic carbocycles. The van der Waals surface area contributed by atoms with Crippen molar-refractivity contribution in [2.24, 2.45) is 4.99 Å². The summed E-state index contributed by atoms with van der Waals surface area (Å²) in [7, 11) is 3.95. The Morgan fingerprint density at radius 3 is 2.23 bits per heavy atom. The first-order chi connectivity index (χ1) is 19.5. The molecule has 2 heterocycles. The van der Waals surface area contributed by atoms with Crippen molar-refractivity contribution in [3.8, 4) is 11.1 Å². The summed E-state index contributed by atoms with van der Waals surface area (Å²) in [5.41, 5.74) is 3.85. The van der Waals surface area contributed by atoms with Crippen molar-refractivity contribution >= 4 is 51.3 Å². The number of aliphatic imine (C=N–C) groups is 1. The molecule has 2 aliphatic rings. The maximum Gasteiger partial charge on any atom is 0.411 e. The summed E-state index contributed by atoms with van der Waals surface area (Å²) in [5.74, 6) is 0.919. The van der Waals surface area contributed by atoms with E-state index in [-0.39, 0.29) is 24.4 Å². The van der Waals surface area contributed by atoms with E-state index in [0.29, 0.717) is 32.1 Å². The highest BCUT2D eigenvalue weighted by Gasteiger charge is 2.31. The molecule has 2 unspecified atom stereocenters. The molecule has 0 spiro atoms. The highest BCUT2D eigenvalue weighted by molar-refractivity contribution is 14.1. The van der Waals surface area contributed by atoms with Gasteiger partial charge in [-0.25, -0.2) is 9.78 Å². The number of carboxylic acid groups (broad SMARTS) is 1. The van der Waals surface area contributed by atoms with Crippen molar-refractivity contribution in [1.29, 1.82) is 0 Å². The van der Waals surface area contributed by atoms with E-state index in [1.165, 1.54) is 4.90 Å². The number of pyridine rings is 1. The highest BCUT2D eigenvalue weighted by atomic mass is 127. The molecule has 0 fully saturated rings. The average Bonchev–Trinajstić information content (AvgIpc) is 3.39. The third kappa shape index (κ3) is 8.53. The Morgan fingerprint density at radius 2 is 1.60 bits per heavy atom. The molecule has 2 aromatic rings. The minimum atomic E-state index is -1.01. The van der Waals surface area contributed by atoms with Gasteiger partial charge < -0.3 is 24.2 Å². The second kappa shape index (κ2) is 15.5. The first-order valence-electron chi connectivity index (χ1n) is 13.1. The van der Waals surface area contributed by atoms with E-state index < -0.39 is 6.09 Å². The lowest BCUT2D eigenvalue weighted by Gasteiger charge is -2.25. The molecule has 1 aromatic carbocycles. The number of hydrogen-bond acceptors (Lipinski definition) is 8. The largest absolute Gasteiger partial charge is 0.465 e. The van der Waals surface area contributed by atoms with Gasteiger partial charge in [0.25, 0.3) is 0 Å². The molecular formula is C29H35IN4O5S. The van der Waals surface area contributed by atoms with Gasteiger partial charge in [-0.15, -0.1) is 0 Å². The number of alkyl halides is 1. The van der Waals surface area contributed by atoms with E-state index in [1.54, 1.807) is 11.8 Å². The van der Waals surface area contributed by atoms with E-state index in [1.807, 2.05) is 49.5 Å². The van der Waals surface area contributed by atoms with Crippen molar-refractivity contribution in [2.45, 2.75) is 11.3 Å². The predicted octanol–water partition coefficient (Wildman–Crippen LogP) is 4.96. The number of rotatable bonds is 15. The first kappa shape index (κ1) is 30.5. The second-order valence-corrected chi connectivity index (χ2v) is 11.5. The van der Waals surface area contributed by atoms with Crippen LogP contribution in [-0.2, 0) is 14.2 Å². The number of fused-ring (bicyclic) bond motifs is 1. The Kier molecular flexibility index (Phi) is 11.8. The minimum absolute atomic E-state index is 0.0175. The van der Waals surface area contributed by atoms with Gasteiger partial charge in [-0.1, -0.05) is 64.7 Å². The fourth-order valence-corrected chi connectivity index (χ4v) is 5.70. The van der Waals surface area contributed by atoms with Gasteiger partial charge in [0, 0.05) is 41.5 Å². The fourth-order valence-electron chi connectivity index (χ4n) is 4.18. The summed E-state index contributed by atoms with van der Waals surface area (Å²) >= 11 is 3.92. The van der Waals surface area contributed by atoms with Crippen LogP contribution in [0.5, 0.6) is 0 Å². The third-order valence-corrected chi connectivity index (χ3v) is 7.98. The van der Waals surface area contributed by atoms with Crippen LogP contribution in [-0.4, -0.2) is 102 Å². The predicted molar refractivity (Wildman–Crippen MR) is 169 cm³/mol. The molecule has 40 heavy (non-hydrogen) atoms. The smallest absolute Gasteiger partial charge is 0.411 e. The zero-order valence-electron chi connectivity index (χ0n) is 22.7. The Balaban J connectivity index is 1.27. The Bertz CT molecular complexity index is 1200. The number of hydrogen-bond donors (Lipinski definition) is 1. The van der Waals surface area contributed by atoms with E-state index >= 15 is 0 Å². The van der Waals surface area contributed by atoms with E-state index in [2.05, 4.69) is 57.9 Å². The lowest BCUT2D eigenvalue weighted by molar-refractivity contribution is 0.0151. The standard InChI is InChI=1S/C29H35IN4O5S/c1-33(2)27-10-7-23(20-31-27)21-3-5-22(6-4-21)28-32-25-9-8-24(19-26(25)40-28)34(29(35)36)12-14-38-16-18-39-17-15-37-13-11-30/h3-10,19-20,25-26H,11-18H2,1-2H3,(H,35,36). The molecule has 9 nitrogen and oxygen atoms in total. The van der Waals surface area contributed by atoms with Gasteiger partial charge in [0.15, 0.2) is 0 Å². The zero-order chi connectivity index (χ0) is 28.3. The van der Waals surface area contributed by atoms with Crippen LogP contribution in [0.25, 0.3) is 11.1 Å². The van der Waals surface area contributed by atoms with Crippen LogP contribution < -0.4 is 4.90 Å². The number of anilines is 1. The van der Waals surface area contributed by atoms with Crippen LogP contribution in [0.1, 0.15) is 5.56 Å². The SMILES string of the molecule is CN(C)c1ccc(-c2ccc(C3=NC4C=CC(N(CCOCCOCCOCCI)C(=O)O)=CC4S3)cc2)cn1. The normalized spacial score (nSPS) is 17.8. The minimum Gasteiger partial charge on any atom is -0.465 e. The fraction of sp³-hybridized carbons (Fsp3) is 0.414. The van der Waals surface area contributed by atoms with Crippen LogP contribution in [0.3, 0.4) is 0 Å². The maximum absolute atomic E-state index is 12.0. The summed E-state index contributed by atoms with van der Waals surface area (Å²) < 4.78 is 17.4. The van der Waals surface area contributed by atoms with E-state index in [0.717, 1.165) is 38.6 Å². The number of thioether (sulfide) groups is 1. The molecule has 11 heteroatoms. The summed E-state index contributed by atoms with van der Waals surface area (Å²) in [6.07, 6.45) is 6.70. The van der Waals surface area contributed by atoms with Crippen LogP contribution in [0.15, 0.2) is 71.5 Å². The molecule has 214 valence electrons. The molecular weight excluding hydrogens is 643 g/mol. The monoisotopic (exact) mass is 678 g/mol. The van der Waals surface area contributed by atoms with Crippen molar-refractivity contribution in [2.75, 3.05) is 69.6 Å². The first-order valence-corrected chi connectivity index (χ1v) is 15.5. The molecule has 0 saturated heterocycles. The number of aromatic nitrogens is 1. The van der Waals surface area contributed by atoms with Gasteiger partial charge >= 0.3 is 6.09 Å². The summed E-state index contributed by atoms with van der Waals surface area (Å²) in [5, 5.41) is 10.8. The molecule has 0 saturated carbocycles. The molecule has 0 bridgehead atoms. The molecule has 1 N–H and O–H groups in total. The van der Waals surface area contributed by atoms with Crippen LogP contribution in [0.2, 0.25) is 0 Å². The highest BCUT2D eigenvalue weighted by Crippen LogP contribution is 2.36. The number of amides is 1. The second-order valence-electron chi connectivity index (χ2n) is 9.30. The van der Waals surface area contributed by atoms with Crippen LogP contribution in [0.4, 0.5) is 10.6 Å². The number of nitrogens with zero attached hydrogens (tertiary/aromatic N) is 4. The number of carbonyl (C=O) groups is 1. The maximum atomic E-state index is 12.0. The summed E-state index contributed by atoms with van der Waals surface area (Å²) in [6, 6.07) is 12.4. The Hall–Kier alpha value is -2.45. The number of benzene rings is 1. The molecule has 0 radical (unpaired) electrons. The van der Waals surface area contributed by atoms with Gasteiger partial charge in [0.05, 0.1) is 62.5 Å². The number of ether oxygens (including phenoxy) is 3. The van der Waals surface area contributed by atoms with Gasteiger partial charge in [-0.2, -0.15) is 0 Å². The molecule has 4 rings (SSSR count). The lowest BCUT2D eigenvalue weighted by Crippen LogP contribution is -2.34. The van der Waals surface area contributed by atoms with Crippen molar-refractivity contribution < 1.29 is 24.1 Å². The summed E-state index contributed by atoms with van der Waals surface area (Å²) in [6.45, 7) is 3.20. The lowest BCUT2D eigenvalue weighted by atomic mass is 10.1. The molecule has 2 atom stereocenters. The topological polar surface area (TPSA) is 96.7 Å². The van der Waals surface area contributed by atoms with Gasteiger partial charge in [-0.05, 0) is 29.8 Å². The zero-order valence-corrected chi connectivity index (χ0v) is 25.7. The molecule has 1 aromatic heterocycles. The van der Waals surface area contributed by atoms with Crippen molar-refractivity contribution in [3.05, 3.63) is 72.1 Å². The van der Waals surface area contributed by atoms with Gasteiger partial charge in [-0.3, -0.25) is 9.89 Å². The summed E-state index contributed by atoms with van der Waals surface area (Å²) in [4.78, 5) is 24.7. The molecule has 1 aliphatic heterocycles. The van der Waals surface area contributed by atoms with Crippen molar-refractivity contribution in [3.63, 3.8) is 0 Å². The number of halogens is 1. The Labute approximate surface area is 253 Å². The van der Waals surface area contributed by atoms with Gasteiger partial charge in [0.1, 0.15) is 5.82 Å². The van der Waals surface area contributed by atoms with Crippen molar-refractivity contribution in [1.82, 2.24) is 9.88 Å². The van der Waals surface area contributed by atoms with Gasteiger partial charge in [0.2, 0.25) is 0 Å². The van der Waals surface area contributed by atoms with Crippen LogP contribution in [0, 0.1) is 0 Å². The average molecular weight is 679 g/mol. The number of allylic oxidation sites excluding steroid dienone is 1. The van der Waals surface area contributed by atoms with E-state index in [4.69, 9.17) is 19.2 Å². The van der Waals surface area contributed by atoms with E-state index in [9.17, 15) is 9.90 Å². The third-order valence-electron chi connectivity index (χ3n) is 6.29.